The molecule has 3 rings (SSSR count). The second-order valence-electron chi connectivity index (χ2n) is 5.09. The Morgan fingerprint density at radius 3 is 2.60 bits per heavy atom. The number of nitro groups is 1. The minimum Gasteiger partial charge on any atom is -0.352 e. The van der Waals surface area contributed by atoms with Crippen molar-refractivity contribution in [3.63, 3.8) is 0 Å². The number of non-ortho nitro benzene ring substituents is 1. The number of hydrogen-bond donors (Lipinski definition) is 2. The van der Waals surface area contributed by atoms with Crippen LogP contribution in [0.15, 0.2) is 35.5 Å². The molecule has 2 aliphatic rings. The van der Waals surface area contributed by atoms with Crippen molar-refractivity contribution in [3.8, 4) is 0 Å². The van der Waals surface area contributed by atoms with Crippen LogP contribution in [-0.4, -0.2) is 10.0 Å². The molecule has 1 atom stereocenters. The molecule has 20 heavy (non-hydrogen) atoms. The van der Waals surface area contributed by atoms with E-state index < -0.39 is 0 Å². The Labute approximate surface area is 122 Å². The van der Waals surface area contributed by atoms with Gasteiger partial charge in [-0.1, -0.05) is 0 Å². The van der Waals surface area contributed by atoms with Crippen molar-refractivity contribution < 1.29 is 4.92 Å². The summed E-state index contributed by atoms with van der Waals surface area (Å²) in [5, 5.41) is 17.9. The molecule has 0 bridgehead atoms. The summed E-state index contributed by atoms with van der Waals surface area (Å²) in [4.78, 5) is 10.3. The van der Waals surface area contributed by atoms with Gasteiger partial charge in [-0.15, -0.1) is 0 Å². The molecular formula is C14H15N3O2S. The van der Waals surface area contributed by atoms with Gasteiger partial charge >= 0.3 is 0 Å². The molecule has 1 heterocycles. The summed E-state index contributed by atoms with van der Waals surface area (Å²) in [7, 11) is 0. The third-order valence-electron chi connectivity index (χ3n) is 3.84. The van der Waals surface area contributed by atoms with Crippen LogP contribution in [0.25, 0.3) is 0 Å². The summed E-state index contributed by atoms with van der Waals surface area (Å²) in [6, 6.07) is 6.75. The molecular weight excluding hydrogens is 274 g/mol. The highest BCUT2D eigenvalue weighted by Gasteiger charge is 2.28. The zero-order valence-electron chi connectivity index (χ0n) is 10.9. The maximum atomic E-state index is 10.7. The monoisotopic (exact) mass is 289 g/mol. The van der Waals surface area contributed by atoms with Gasteiger partial charge in [-0.05, 0) is 61.2 Å². The minimum absolute atomic E-state index is 0.0415. The third-order valence-corrected chi connectivity index (χ3v) is 4.06. The second-order valence-corrected chi connectivity index (χ2v) is 5.50. The molecule has 0 spiro atoms. The van der Waals surface area contributed by atoms with Gasteiger partial charge in [0, 0.05) is 17.8 Å². The van der Waals surface area contributed by atoms with Crippen molar-refractivity contribution in [2.45, 2.75) is 31.7 Å². The van der Waals surface area contributed by atoms with Crippen molar-refractivity contribution in [2.24, 2.45) is 0 Å². The average molecular weight is 289 g/mol. The number of thiocarbonyl (C=S) groups is 1. The molecule has 0 saturated carbocycles. The van der Waals surface area contributed by atoms with Gasteiger partial charge in [-0.3, -0.25) is 10.1 Å². The third kappa shape index (κ3) is 2.38. The van der Waals surface area contributed by atoms with E-state index >= 15 is 0 Å². The van der Waals surface area contributed by atoms with Crippen LogP contribution in [0.5, 0.6) is 0 Å². The van der Waals surface area contributed by atoms with Crippen molar-refractivity contribution in [1.82, 2.24) is 10.6 Å². The first-order valence-corrected chi connectivity index (χ1v) is 7.10. The Kier molecular flexibility index (Phi) is 3.40. The van der Waals surface area contributed by atoms with Crippen molar-refractivity contribution in [1.29, 1.82) is 0 Å². The molecule has 0 radical (unpaired) electrons. The highest BCUT2D eigenvalue weighted by molar-refractivity contribution is 7.80. The van der Waals surface area contributed by atoms with E-state index in [1.165, 1.54) is 24.1 Å². The molecule has 0 fully saturated rings. The molecule has 1 aliphatic heterocycles. The number of hydrogen-bond acceptors (Lipinski definition) is 3. The fraction of sp³-hybridized carbons (Fsp3) is 0.357. The van der Waals surface area contributed by atoms with E-state index in [4.69, 9.17) is 12.2 Å². The first-order valence-electron chi connectivity index (χ1n) is 6.69. The molecule has 5 nitrogen and oxygen atoms in total. The fourth-order valence-corrected chi connectivity index (χ4v) is 3.10. The van der Waals surface area contributed by atoms with Gasteiger partial charge in [0.05, 0.1) is 11.0 Å². The van der Waals surface area contributed by atoms with E-state index in [-0.39, 0.29) is 16.7 Å². The first-order chi connectivity index (χ1) is 9.65. The number of nitro benzene ring substituents is 1. The number of benzene rings is 1. The normalized spacial score (nSPS) is 21.8. The Balaban J connectivity index is 1.95. The summed E-state index contributed by atoms with van der Waals surface area (Å²) in [5.74, 6) is 0. The van der Waals surface area contributed by atoms with Gasteiger partial charge in [0.25, 0.3) is 5.69 Å². The molecule has 0 aromatic heterocycles. The standard InChI is InChI=1S/C14H15N3O2S/c18-17(19)10-7-5-9(6-8-10)13-11-3-1-2-4-12(11)15-14(20)16-13/h5-8,13H,1-4H2,(H2,15,16,20). The van der Waals surface area contributed by atoms with Crippen LogP contribution in [-0.2, 0) is 0 Å². The van der Waals surface area contributed by atoms with Crippen LogP contribution >= 0.6 is 12.2 Å². The molecule has 6 heteroatoms. The van der Waals surface area contributed by atoms with E-state index in [1.54, 1.807) is 12.1 Å². The quantitative estimate of drug-likeness (QED) is 0.498. The zero-order valence-corrected chi connectivity index (χ0v) is 11.7. The molecule has 2 N–H and O–H groups in total. The maximum absolute atomic E-state index is 10.7. The van der Waals surface area contributed by atoms with Gasteiger partial charge in [0.2, 0.25) is 0 Å². The SMILES string of the molecule is O=[N+]([O-])c1ccc(C2NC(=S)NC3=C2CCCC3)cc1. The van der Waals surface area contributed by atoms with Gasteiger partial charge in [-0.25, -0.2) is 0 Å². The number of nitrogens with zero attached hydrogens (tertiary/aromatic N) is 1. The summed E-state index contributed by atoms with van der Waals surface area (Å²) in [6.45, 7) is 0. The first kappa shape index (κ1) is 13.1. The predicted octanol–water partition coefficient (Wildman–Crippen LogP) is 2.94. The highest BCUT2D eigenvalue weighted by atomic mass is 32.1. The van der Waals surface area contributed by atoms with E-state index in [1.807, 2.05) is 12.1 Å². The number of allylic oxidation sites excluding steroid dienone is 1. The van der Waals surface area contributed by atoms with Gasteiger partial charge in [0.1, 0.15) is 0 Å². The Bertz CT molecular complexity index is 595. The Hall–Kier alpha value is -1.95. The Morgan fingerprint density at radius 2 is 1.90 bits per heavy atom. The van der Waals surface area contributed by atoms with Crippen molar-refractivity contribution >= 4 is 23.0 Å². The van der Waals surface area contributed by atoms with Crippen molar-refractivity contribution in [3.05, 3.63) is 51.2 Å². The molecule has 1 aromatic rings. The lowest BCUT2D eigenvalue weighted by molar-refractivity contribution is -0.384. The van der Waals surface area contributed by atoms with Gasteiger partial charge < -0.3 is 10.6 Å². The van der Waals surface area contributed by atoms with E-state index in [0.717, 1.165) is 18.4 Å². The summed E-state index contributed by atoms with van der Waals surface area (Å²) >= 11 is 5.25. The maximum Gasteiger partial charge on any atom is 0.269 e. The van der Waals surface area contributed by atoms with Gasteiger partial charge in [0.15, 0.2) is 5.11 Å². The van der Waals surface area contributed by atoms with Crippen LogP contribution in [0.4, 0.5) is 5.69 Å². The van der Waals surface area contributed by atoms with Crippen LogP contribution < -0.4 is 10.6 Å². The summed E-state index contributed by atoms with van der Waals surface area (Å²) in [5.41, 5.74) is 3.69. The number of nitrogens with one attached hydrogen (secondary N) is 2. The second kappa shape index (κ2) is 5.20. The van der Waals surface area contributed by atoms with Crippen molar-refractivity contribution in [2.75, 3.05) is 0 Å². The number of rotatable bonds is 2. The molecule has 1 aliphatic carbocycles. The topological polar surface area (TPSA) is 67.2 Å². The van der Waals surface area contributed by atoms with E-state index in [2.05, 4.69) is 10.6 Å². The highest BCUT2D eigenvalue weighted by Crippen LogP contribution is 2.35. The lowest BCUT2D eigenvalue weighted by atomic mass is 9.86. The summed E-state index contributed by atoms with van der Waals surface area (Å²) < 4.78 is 0. The molecule has 1 unspecified atom stereocenters. The lowest BCUT2D eigenvalue weighted by Gasteiger charge is -2.34. The molecule has 0 saturated heterocycles. The zero-order chi connectivity index (χ0) is 14.1. The molecule has 104 valence electrons. The lowest BCUT2D eigenvalue weighted by Crippen LogP contribution is -2.44. The Morgan fingerprint density at radius 1 is 1.20 bits per heavy atom. The van der Waals surface area contributed by atoms with E-state index in [9.17, 15) is 10.1 Å². The smallest absolute Gasteiger partial charge is 0.269 e. The molecule has 0 amide bonds. The van der Waals surface area contributed by atoms with Crippen LogP contribution in [0.2, 0.25) is 0 Å². The van der Waals surface area contributed by atoms with Crippen LogP contribution in [0.3, 0.4) is 0 Å². The fourth-order valence-electron chi connectivity index (χ4n) is 2.85. The van der Waals surface area contributed by atoms with Crippen LogP contribution in [0, 0.1) is 10.1 Å². The van der Waals surface area contributed by atoms with E-state index in [0.29, 0.717) is 5.11 Å². The molecule has 1 aromatic carbocycles. The largest absolute Gasteiger partial charge is 0.352 e. The average Bonchev–Trinajstić information content (AvgIpc) is 2.46. The summed E-state index contributed by atoms with van der Waals surface area (Å²) in [6.07, 6.45) is 4.43. The van der Waals surface area contributed by atoms with Crippen LogP contribution in [0.1, 0.15) is 37.3 Å². The predicted molar refractivity (Wildman–Crippen MR) is 80.2 cm³/mol. The van der Waals surface area contributed by atoms with Gasteiger partial charge in [-0.2, -0.15) is 0 Å². The minimum atomic E-state index is -0.379.